The smallest absolute Gasteiger partial charge is 0.258 e. The van der Waals surface area contributed by atoms with E-state index in [1.807, 2.05) is 0 Å². The van der Waals surface area contributed by atoms with E-state index in [0.717, 1.165) is 17.8 Å². The van der Waals surface area contributed by atoms with Crippen LogP contribution in [0.2, 0.25) is 0 Å². The van der Waals surface area contributed by atoms with Crippen molar-refractivity contribution in [2.75, 3.05) is 0 Å². The lowest BCUT2D eigenvalue weighted by molar-refractivity contribution is -0.394. The summed E-state index contributed by atoms with van der Waals surface area (Å²) < 4.78 is 0. The molecule has 0 heterocycles. The molecule has 8 heteroatoms. The van der Waals surface area contributed by atoms with Gasteiger partial charge in [-0.3, -0.25) is 20.2 Å². The van der Waals surface area contributed by atoms with E-state index < -0.39 is 9.85 Å². The maximum absolute atomic E-state index is 10.7. The highest BCUT2D eigenvalue weighted by molar-refractivity contribution is 8.02. The number of nitrogens with zero attached hydrogens (tertiary/aromatic N) is 3. The Kier molecular flexibility index (Phi) is 3.79. The van der Waals surface area contributed by atoms with Gasteiger partial charge in [-0.15, -0.1) is 0 Å². The topological polar surface area (TPSA) is 110 Å². The third kappa shape index (κ3) is 2.68. The summed E-state index contributed by atoms with van der Waals surface area (Å²) >= 11 is 0.838. The van der Waals surface area contributed by atoms with Crippen molar-refractivity contribution in [2.24, 2.45) is 0 Å². The molecule has 0 saturated carbocycles. The highest BCUT2D eigenvalue weighted by Crippen LogP contribution is 2.27. The molecule has 1 aromatic rings. The number of nitriles is 1. The SMILES string of the molecule is N#CSCc1ccc([N+](=O)[O-])cc1[N+](=O)[O-]. The van der Waals surface area contributed by atoms with Crippen LogP contribution in [0.25, 0.3) is 0 Å². The zero-order chi connectivity index (χ0) is 12.1. The average molecular weight is 239 g/mol. The van der Waals surface area contributed by atoms with Crippen LogP contribution in [0.15, 0.2) is 18.2 Å². The lowest BCUT2D eigenvalue weighted by Crippen LogP contribution is -1.96. The molecule has 0 aliphatic heterocycles. The Morgan fingerprint density at radius 3 is 2.50 bits per heavy atom. The van der Waals surface area contributed by atoms with Crippen molar-refractivity contribution in [2.45, 2.75) is 5.75 Å². The molecule has 0 aromatic heterocycles. The molecule has 1 aromatic carbocycles. The number of rotatable bonds is 4. The molecule has 0 atom stereocenters. The summed E-state index contributed by atoms with van der Waals surface area (Å²) in [4.78, 5) is 19.7. The minimum Gasteiger partial charge on any atom is -0.258 e. The molecule has 82 valence electrons. The highest BCUT2D eigenvalue weighted by Gasteiger charge is 2.18. The Morgan fingerprint density at radius 2 is 2.00 bits per heavy atom. The summed E-state index contributed by atoms with van der Waals surface area (Å²) in [6.07, 6.45) is 0. The monoisotopic (exact) mass is 239 g/mol. The number of hydrogen-bond donors (Lipinski definition) is 0. The minimum absolute atomic E-state index is 0.130. The molecule has 0 unspecified atom stereocenters. The lowest BCUT2D eigenvalue weighted by atomic mass is 10.2. The number of hydrogen-bond acceptors (Lipinski definition) is 6. The molecule has 0 aliphatic carbocycles. The van der Waals surface area contributed by atoms with Crippen molar-refractivity contribution < 1.29 is 9.85 Å². The molecule has 1 rings (SSSR count). The van der Waals surface area contributed by atoms with Gasteiger partial charge in [0, 0.05) is 17.4 Å². The maximum Gasteiger partial charge on any atom is 0.280 e. The van der Waals surface area contributed by atoms with E-state index in [-0.39, 0.29) is 17.1 Å². The minimum atomic E-state index is -0.700. The van der Waals surface area contributed by atoms with E-state index in [9.17, 15) is 20.2 Å². The van der Waals surface area contributed by atoms with Gasteiger partial charge in [-0.2, -0.15) is 5.26 Å². The molecule has 0 saturated heterocycles. The summed E-state index contributed by atoms with van der Waals surface area (Å²) in [6.45, 7) is 0. The van der Waals surface area contributed by atoms with Crippen molar-refractivity contribution in [3.63, 3.8) is 0 Å². The van der Waals surface area contributed by atoms with Crippen molar-refractivity contribution in [1.82, 2.24) is 0 Å². The number of benzene rings is 1. The van der Waals surface area contributed by atoms with Crippen LogP contribution in [0.4, 0.5) is 11.4 Å². The van der Waals surface area contributed by atoms with Gasteiger partial charge < -0.3 is 0 Å². The Balaban J connectivity index is 3.15. The third-order valence-electron chi connectivity index (χ3n) is 1.77. The summed E-state index contributed by atoms with van der Waals surface area (Å²) in [5.41, 5.74) is -0.378. The first-order chi connectivity index (χ1) is 7.56. The van der Waals surface area contributed by atoms with Crippen LogP contribution in [0.3, 0.4) is 0 Å². The van der Waals surface area contributed by atoms with Crippen molar-refractivity contribution in [3.05, 3.63) is 44.0 Å². The second-order valence-electron chi connectivity index (χ2n) is 2.71. The van der Waals surface area contributed by atoms with E-state index >= 15 is 0 Å². The predicted octanol–water partition coefficient (Wildman–Crippen LogP) is 2.22. The van der Waals surface area contributed by atoms with Crippen LogP contribution in [0.5, 0.6) is 0 Å². The second-order valence-corrected chi connectivity index (χ2v) is 3.47. The number of thioether (sulfide) groups is 1. The zero-order valence-corrected chi connectivity index (χ0v) is 8.64. The summed E-state index contributed by atoms with van der Waals surface area (Å²) in [5.74, 6) is 0.130. The quantitative estimate of drug-likeness (QED) is 0.452. The second kappa shape index (κ2) is 5.09. The molecular formula is C8H5N3O4S. The molecular weight excluding hydrogens is 234 g/mol. The highest BCUT2D eigenvalue weighted by atomic mass is 32.2. The molecule has 0 fully saturated rings. The van der Waals surface area contributed by atoms with E-state index in [4.69, 9.17) is 5.26 Å². The lowest BCUT2D eigenvalue weighted by Gasteiger charge is -1.99. The first kappa shape index (κ1) is 11.9. The molecule has 0 N–H and O–H groups in total. The Bertz CT molecular complexity index is 483. The summed E-state index contributed by atoms with van der Waals surface area (Å²) in [5, 5.41) is 31.2. The van der Waals surface area contributed by atoms with Gasteiger partial charge in [0.15, 0.2) is 0 Å². The van der Waals surface area contributed by atoms with Crippen LogP contribution < -0.4 is 0 Å². The van der Waals surface area contributed by atoms with Gasteiger partial charge >= 0.3 is 0 Å². The van der Waals surface area contributed by atoms with Crippen LogP contribution >= 0.6 is 11.8 Å². The Hall–Kier alpha value is -2.14. The van der Waals surface area contributed by atoms with Gasteiger partial charge in [-0.05, 0) is 17.8 Å². The van der Waals surface area contributed by atoms with Crippen LogP contribution in [-0.2, 0) is 5.75 Å². The van der Waals surface area contributed by atoms with Gasteiger partial charge in [0.2, 0.25) is 0 Å². The van der Waals surface area contributed by atoms with Gasteiger partial charge in [-0.1, -0.05) is 0 Å². The molecule has 0 amide bonds. The number of thiocyanates is 1. The predicted molar refractivity (Wildman–Crippen MR) is 56.7 cm³/mol. The fraction of sp³-hybridized carbons (Fsp3) is 0.125. The van der Waals surface area contributed by atoms with Gasteiger partial charge in [0.05, 0.1) is 15.9 Å². The van der Waals surface area contributed by atoms with Gasteiger partial charge in [0.25, 0.3) is 11.4 Å². The number of nitro groups is 2. The molecule has 16 heavy (non-hydrogen) atoms. The first-order valence-corrected chi connectivity index (χ1v) is 4.97. The zero-order valence-electron chi connectivity index (χ0n) is 7.82. The van der Waals surface area contributed by atoms with Gasteiger partial charge in [0.1, 0.15) is 5.40 Å². The van der Waals surface area contributed by atoms with Crippen LogP contribution in [0, 0.1) is 30.9 Å². The normalized spacial score (nSPS) is 9.44. The van der Waals surface area contributed by atoms with E-state index in [1.54, 1.807) is 5.40 Å². The van der Waals surface area contributed by atoms with E-state index in [0.29, 0.717) is 5.56 Å². The van der Waals surface area contributed by atoms with Crippen LogP contribution in [-0.4, -0.2) is 9.85 Å². The summed E-state index contributed by atoms with van der Waals surface area (Å²) in [6, 6.07) is 3.37. The van der Waals surface area contributed by atoms with E-state index in [1.165, 1.54) is 12.1 Å². The Labute approximate surface area is 94.0 Å². The van der Waals surface area contributed by atoms with Crippen LogP contribution in [0.1, 0.15) is 5.56 Å². The largest absolute Gasteiger partial charge is 0.280 e. The number of non-ortho nitro benzene ring substituents is 1. The van der Waals surface area contributed by atoms with Gasteiger partial charge in [-0.25, -0.2) is 0 Å². The van der Waals surface area contributed by atoms with Crippen molar-refractivity contribution in [1.29, 1.82) is 5.26 Å². The number of nitro benzene ring substituents is 2. The first-order valence-electron chi connectivity index (χ1n) is 3.99. The fourth-order valence-electron chi connectivity index (χ4n) is 1.07. The van der Waals surface area contributed by atoms with Crippen molar-refractivity contribution >= 4 is 23.1 Å². The molecule has 0 bridgehead atoms. The van der Waals surface area contributed by atoms with Crippen molar-refractivity contribution in [3.8, 4) is 5.40 Å². The standard InChI is InChI=1S/C8H5N3O4S/c9-5-16-4-6-1-2-7(10(12)13)3-8(6)11(14)15/h1-3H,4H2. The maximum atomic E-state index is 10.7. The molecule has 0 spiro atoms. The molecule has 7 nitrogen and oxygen atoms in total. The molecule has 0 aliphatic rings. The third-order valence-corrected chi connectivity index (χ3v) is 2.35. The summed E-state index contributed by atoms with van der Waals surface area (Å²) in [7, 11) is 0. The average Bonchev–Trinajstić information content (AvgIpc) is 2.25. The molecule has 0 radical (unpaired) electrons. The Morgan fingerprint density at radius 1 is 1.31 bits per heavy atom. The fourth-order valence-corrected chi connectivity index (χ4v) is 1.53. The van der Waals surface area contributed by atoms with E-state index in [2.05, 4.69) is 0 Å².